The number of carbonyl (C=O) groups excluding carboxylic acids is 1. The Balaban J connectivity index is 2.96. The highest BCUT2D eigenvalue weighted by Crippen LogP contribution is 2.23. The van der Waals surface area contributed by atoms with E-state index < -0.39 is 0 Å². The van der Waals surface area contributed by atoms with Crippen LogP contribution in [0.5, 0.6) is 5.75 Å². The molecule has 2 N–H and O–H groups in total. The zero-order valence-electron chi connectivity index (χ0n) is 12.7. The Morgan fingerprint density at radius 3 is 2.60 bits per heavy atom. The molecule has 0 aliphatic carbocycles. The van der Waals surface area contributed by atoms with E-state index in [1.54, 1.807) is 32.4 Å². The molecular weight excluding hydrogens is 256 g/mol. The Bertz CT molecular complexity index is 449. The van der Waals surface area contributed by atoms with Gasteiger partial charge in [-0.15, -0.1) is 0 Å². The minimum absolute atomic E-state index is 0.0363. The summed E-state index contributed by atoms with van der Waals surface area (Å²) >= 11 is 0. The Labute approximate surface area is 120 Å². The SMILES string of the molecule is CCC(C)N(CCOC)C(=O)c1ccc(OC)c(N)c1. The zero-order valence-corrected chi connectivity index (χ0v) is 12.7. The smallest absolute Gasteiger partial charge is 0.254 e. The predicted octanol–water partition coefficient (Wildman–Crippen LogP) is 2.16. The molecule has 5 nitrogen and oxygen atoms in total. The lowest BCUT2D eigenvalue weighted by Crippen LogP contribution is -2.40. The fourth-order valence-electron chi connectivity index (χ4n) is 1.97. The number of amides is 1. The van der Waals surface area contributed by atoms with Gasteiger partial charge in [0.2, 0.25) is 0 Å². The van der Waals surface area contributed by atoms with E-state index in [0.29, 0.717) is 30.2 Å². The van der Waals surface area contributed by atoms with Gasteiger partial charge in [0.05, 0.1) is 19.4 Å². The molecule has 20 heavy (non-hydrogen) atoms. The molecule has 0 fully saturated rings. The zero-order chi connectivity index (χ0) is 15.1. The first-order chi connectivity index (χ1) is 9.54. The van der Waals surface area contributed by atoms with Gasteiger partial charge >= 0.3 is 0 Å². The van der Waals surface area contributed by atoms with Crippen molar-refractivity contribution in [2.75, 3.05) is 33.1 Å². The fourth-order valence-corrected chi connectivity index (χ4v) is 1.97. The molecule has 0 aliphatic heterocycles. The van der Waals surface area contributed by atoms with Crippen LogP contribution < -0.4 is 10.5 Å². The normalized spacial score (nSPS) is 12.0. The van der Waals surface area contributed by atoms with Crippen LogP contribution >= 0.6 is 0 Å². The van der Waals surface area contributed by atoms with Gasteiger partial charge in [-0.3, -0.25) is 4.79 Å². The van der Waals surface area contributed by atoms with Gasteiger partial charge in [0, 0.05) is 25.3 Å². The second-order valence-electron chi connectivity index (χ2n) is 4.71. The minimum atomic E-state index is -0.0363. The Kier molecular flexibility index (Phi) is 6.31. The highest BCUT2D eigenvalue weighted by Gasteiger charge is 2.20. The number of nitrogen functional groups attached to an aromatic ring is 1. The number of hydrogen-bond acceptors (Lipinski definition) is 4. The monoisotopic (exact) mass is 280 g/mol. The molecule has 1 atom stereocenters. The first-order valence-electron chi connectivity index (χ1n) is 6.78. The summed E-state index contributed by atoms with van der Waals surface area (Å²) in [6.07, 6.45) is 0.890. The van der Waals surface area contributed by atoms with E-state index in [2.05, 4.69) is 6.92 Å². The second kappa shape index (κ2) is 7.75. The quantitative estimate of drug-likeness (QED) is 0.777. The van der Waals surface area contributed by atoms with Crippen molar-refractivity contribution in [2.45, 2.75) is 26.3 Å². The molecule has 0 saturated carbocycles. The molecule has 1 aromatic rings. The molecule has 0 radical (unpaired) electrons. The number of ether oxygens (including phenoxy) is 2. The van der Waals surface area contributed by atoms with E-state index >= 15 is 0 Å². The third-order valence-corrected chi connectivity index (χ3v) is 3.40. The summed E-state index contributed by atoms with van der Waals surface area (Å²) in [6.45, 7) is 5.17. The van der Waals surface area contributed by atoms with E-state index in [1.165, 1.54) is 0 Å². The number of nitrogens with zero attached hydrogens (tertiary/aromatic N) is 1. The predicted molar refractivity (Wildman–Crippen MR) is 80.1 cm³/mol. The number of hydrogen-bond donors (Lipinski definition) is 1. The lowest BCUT2D eigenvalue weighted by molar-refractivity contribution is 0.0614. The van der Waals surface area contributed by atoms with Crippen molar-refractivity contribution in [1.82, 2.24) is 4.90 Å². The van der Waals surface area contributed by atoms with E-state index in [-0.39, 0.29) is 11.9 Å². The van der Waals surface area contributed by atoms with Crippen LogP contribution in [0.3, 0.4) is 0 Å². The van der Waals surface area contributed by atoms with Crippen molar-refractivity contribution in [3.05, 3.63) is 23.8 Å². The summed E-state index contributed by atoms with van der Waals surface area (Å²) in [4.78, 5) is 14.4. The molecule has 1 unspecified atom stereocenters. The van der Waals surface area contributed by atoms with Crippen molar-refractivity contribution in [2.24, 2.45) is 0 Å². The molecule has 0 spiro atoms. The molecule has 0 saturated heterocycles. The van der Waals surface area contributed by atoms with Gasteiger partial charge in [-0.25, -0.2) is 0 Å². The van der Waals surface area contributed by atoms with Crippen LogP contribution in [-0.2, 0) is 4.74 Å². The molecule has 1 amide bonds. The maximum Gasteiger partial charge on any atom is 0.254 e. The number of nitrogens with two attached hydrogens (primary N) is 1. The summed E-state index contributed by atoms with van der Waals surface area (Å²) in [5, 5.41) is 0. The van der Waals surface area contributed by atoms with Crippen LogP contribution in [0.1, 0.15) is 30.6 Å². The number of carbonyl (C=O) groups is 1. The number of rotatable bonds is 7. The first kappa shape index (κ1) is 16.3. The van der Waals surface area contributed by atoms with Gasteiger partial charge in [0.1, 0.15) is 5.75 Å². The van der Waals surface area contributed by atoms with Gasteiger partial charge < -0.3 is 20.1 Å². The number of anilines is 1. The maximum absolute atomic E-state index is 12.6. The standard InChI is InChI=1S/C15H24N2O3/c1-5-11(2)17(8-9-19-3)15(18)12-6-7-14(20-4)13(16)10-12/h6-7,10-11H,5,8-9,16H2,1-4H3. The van der Waals surface area contributed by atoms with Crippen LogP contribution in [0.15, 0.2) is 18.2 Å². The number of methoxy groups -OCH3 is 2. The molecule has 0 aliphatic rings. The average molecular weight is 280 g/mol. The van der Waals surface area contributed by atoms with Gasteiger partial charge in [-0.1, -0.05) is 6.92 Å². The van der Waals surface area contributed by atoms with Crippen molar-refractivity contribution >= 4 is 11.6 Å². The van der Waals surface area contributed by atoms with Crippen molar-refractivity contribution in [3.63, 3.8) is 0 Å². The van der Waals surface area contributed by atoms with Gasteiger partial charge in [0.15, 0.2) is 0 Å². The van der Waals surface area contributed by atoms with Crippen LogP contribution in [0.2, 0.25) is 0 Å². The molecule has 1 rings (SSSR count). The second-order valence-corrected chi connectivity index (χ2v) is 4.71. The highest BCUT2D eigenvalue weighted by molar-refractivity contribution is 5.95. The highest BCUT2D eigenvalue weighted by atomic mass is 16.5. The molecule has 5 heteroatoms. The van der Waals surface area contributed by atoms with Gasteiger partial charge in [-0.2, -0.15) is 0 Å². The van der Waals surface area contributed by atoms with Crippen molar-refractivity contribution in [3.8, 4) is 5.75 Å². The Hall–Kier alpha value is -1.75. The topological polar surface area (TPSA) is 64.8 Å². The Morgan fingerprint density at radius 1 is 1.40 bits per heavy atom. The van der Waals surface area contributed by atoms with E-state index in [1.807, 2.05) is 11.8 Å². The largest absolute Gasteiger partial charge is 0.495 e. The molecule has 112 valence electrons. The molecule has 0 heterocycles. The third-order valence-electron chi connectivity index (χ3n) is 3.40. The van der Waals surface area contributed by atoms with Crippen LogP contribution in [-0.4, -0.2) is 44.2 Å². The fraction of sp³-hybridized carbons (Fsp3) is 0.533. The molecule has 0 bridgehead atoms. The molecule has 0 aromatic heterocycles. The first-order valence-corrected chi connectivity index (χ1v) is 6.78. The van der Waals surface area contributed by atoms with Crippen LogP contribution in [0.25, 0.3) is 0 Å². The van der Waals surface area contributed by atoms with Gasteiger partial charge in [-0.05, 0) is 31.5 Å². The lowest BCUT2D eigenvalue weighted by atomic mass is 10.1. The van der Waals surface area contributed by atoms with Crippen LogP contribution in [0, 0.1) is 0 Å². The maximum atomic E-state index is 12.6. The molecule has 1 aromatic carbocycles. The van der Waals surface area contributed by atoms with E-state index in [4.69, 9.17) is 15.2 Å². The lowest BCUT2D eigenvalue weighted by Gasteiger charge is -2.28. The summed E-state index contributed by atoms with van der Waals surface area (Å²) in [5.41, 5.74) is 6.89. The number of benzene rings is 1. The molecular formula is C15H24N2O3. The van der Waals surface area contributed by atoms with Gasteiger partial charge in [0.25, 0.3) is 5.91 Å². The van der Waals surface area contributed by atoms with Crippen LogP contribution in [0.4, 0.5) is 5.69 Å². The summed E-state index contributed by atoms with van der Waals surface area (Å²) in [6, 6.07) is 5.26. The average Bonchev–Trinajstić information content (AvgIpc) is 2.46. The minimum Gasteiger partial charge on any atom is -0.495 e. The van der Waals surface area contributed by atoms with Crippen molar-refractivity contribution < 1.29 is 14.3 Å². The Morgan fingerprint density at radius 2 is 2.10 bits per heavy atom. The summed E-state index contributed by atoms with van der Waals surface area (Å²) < 4.78 is 10.2. The summed E-state index contributed by atoms with van der Waals surface area (Å²) in [5.74, 6) is 0.541. The van der Waals surface area contributed by atoms with E-state index in [0.717, 1.165) is 6.42 Å². The van der Waals surface area contributed by atoms with Crippen molar-refractivity contribution in [1.29, 1.82) is 0 Å². The van der Waals surface area contributed by atoms with E-state index in [9.17, 15) is 4.79 Å². The third kappa shape index (κ3) is 3.87. The summed E-state index contributed by atoms with van der Waals surface area (Å²) in [7, 11) is 3.18.